The molecule has 2 aromatic rings. The fraction of sp³-hybridized carbons (Fsp3) is 0.500. The van der Waals surface area contributed by atoms with Crippen LogP contribution in [0.4, 0.5) is 0 Å². The number of fused-ring (bicyclic) bond motifs is 1. The zero-order chi connectivity index (χ0) is 19.4. The summed E-state index contributed by atoms with van der Waals surface area (Å²) in [5.74, 6) is -1.09. The number of benzene rings is 1. The van der Waals surface area contributed by atoms with Crippen LogP contribution in [0.15, 0.2) is 29.3 Å². The molecule has 1 aromatic heterocycles. The molecule has 7 nitrogen and oxygen atoms in total. The van der Waals surface area contributed by atoms with Crippen molar-refractivity contribution < 1.29 is 14.7 Å². The predicted molar refractivity (Wildman–Crippen MR) is 102 cm³/mol. The zero-order valence-electron chi connectivity index (χ0n) is 15.5. The number of aromatic nitrogens is 2. The third-order valence-corrected chi connectivity index (χ3v) is 5.52. The van der Waals surface area contributed by atoms with E-state index in [1.807, 2.05) is 19.1 Å². The predicted octanol–water partition coefficient (Wildman–Crippen LogP) is 2.25. The largest absolute Gasteiger partial charge is 0.481 e. The quantitative estimate of drug-likeness (QED) is 0.811. The molecule has 1 heterocycles. The Morgan fingerprint density at radius 3 is 2.70 bits per heavy atom. The monoisotopic (exact) mass is 371 g/mol. The number of aliphatic carboxylic acids is 1. The van der Waals surface area contributed by atoms with Crippen molar-refractivity contribution in [3.05, 3.63) is 40.4 Å². The normalized spacial score (nSPS) is 16.2. The van der Waals surface area contributed by atoms with Crippen LogP contribution >= 0.6 is 0 Å². The summed E-state index contributed by atoms with van der Waals surface area (Å²) in [6, 6.07) is 5.44. The molecule has 1 fully saturated rings. The number of rotatable bonds is 6. The molecule has 1 saturated carbocycles. The number of aryl methyl sites for hydroxylation is 2. The number of para-hydroxylation sites is 1. The van der Waals surface area contributed by atoms with E-state index in [1.165, 1.54) is 10.9 Å². The molecule has 0 spiro atoms. The van der Waals surface area contributed by atoms with Gasteiger partial charge in [-0.15, -0.1) is 0 Å². The molecule has 1 aliphatic carbocycles. The van der Waals surface area contributed by atoms with E-state index in [9.17, 15) is 19.5 Å². The highest BCUT2D eigenvalue weighted by atomic mass is 16.4. The summed E-state index contributed by atoms with van der Waals surface area (Å²) in [5, 5.41) is 12.9. The van der Waals surface area contributed by atoms with E-state index in [2.05, 4.69) is 10.3 Å². The first-order valence-electron chi connectivity index (χ1n) is 9.38. The molecule has 7 heteroatoms. The van der Waals surface area contributed by atoms with Crippen LogP contribution in [0.2, 0.25) is 0 Å². The van der Waals surface area contributed by atoms with E-state index in [0.717, 1.165) is 24.8 Å². The van der Waals surface area contributed by atoms with Crippen LogP contribution in [-0.4, -0.2) is 33.1 Å². The Morgan fingerprint density at radius 1 is 1.26 bits per heavy atom. The van der Waals surface area contributed by atoms with Gasteiger partial charge < -0.3 is 10.4 Å². The molecule has 2 N–H and O–H groups in total. The van der Waals surface area contributed by atoms with Gasteiger partial charge in [-0.25, -0.2) is 4.98 Å². The van der Waals surface area contributed by atoms with Gasteiger partial charge in [0.25, 0.3) is 5.56 Å². The fourth-order valence-electron chi connectivity index (χ4n) is 3.77. The minimum Gasteiger partial charge on any atom is -0.481 e. The number of carboxylic acid groups (broad SMARTS) is 1. The van der Waals surface area contributed by atoms with Crippen molar-refractivity contribution in [1.82, 2.24) is 14.9 Å². The number of carboxylic acids is 1. The molecule has 3 rings (SSSR count). The summed E-state index contributed by atoms with van der Waals surface area (Å²) in [7, 11) is 0. The first kappa shape index (κ1) is 19.1. The molecule has 0 aliphatic heterocycles. The molecule has 1 aromatic carbocycles. The molecule has 0 saturated heterocycles. The zero-order valence-corrected chi connectivity index (χ0v) is 15.5. The van der Waals surface area contributed by atoms with Gasteiger partial charge in [0.2, 0.25) is 5.91 Å². The number of hydrogen-bond acceptors (Lipinski definition) is 4. The minimum atomic E-state index is -0.854. The van der Waals surface area contributed by atoms with Gasteiger partial charge in [-0.3, -0.25) is 19.0 Å². The number of hydrogen-bond donors (Lipinski definition) is 2. The van der Waals surface area contributed by atoms with Gasteiger partial charge in [0.15, 0.2) is 0 Å². The second-order valence-electron chi connectivity index (χ2n) is 7.39. The van der Waals surface area contributed by atoms with Crippen LogP contribution < -0.4 is 10.9 Å². The molecule has 27 heavy (non-hydrogen) atoms. The van der Waals surface area contributed by atoms with Crippen molar-refractivity contribution in [3.8, 4) is 0 Å². The molecule has 1 amide bonds. The van der Waals surface area contributed by atoms with Crippen molar-refractivity contribution in [2.24, 2.45) is 5.41 Å². The SMILES string of the molecule is Cc1cccc2c(=O)n(CCC(=O)NCC3(C(=O)O)CCCCC3)cnc12. The van der Waals surface area contributed by atoms with E-state index >= 15 is 0 Å². The number of nitrogens with zero attached hydrogens (tertiary/aromatic N) is 2. The van der Waals surface area contributed by atoms with Crippen molar-refractivity contribution in [1.29, 1.82) is 0 Å². The van der Waals surface area contributed by atoms with Gasteiger partial charge in [0.1, 0.15) is 0 Å². The third kappa shape index (κ3) is 4.02. The first-order valence-corrected chi connectivity index (χ1v) is 9.38. The molecular formula is C20H25N3O4. The fourth-order valence-corrected chi connectivity index (χ4v) is 3.77. The number of amides is 1. The Morgan fingerprint density at radius 2 is 2.00 bits per heavy atom. The maximum absolute atomic E-state index is 12.6. The second-order valence-corrected chi connectivity index (χ2v) is 7.39. The number of nitrogens with one attached hydrogen (secondary N) is 1. The Hall–Kier alpha value is -2.70. The molecular weight excluding hydrogens is 346 g/mol. The molecule has 0 bridgehead atoms. The Kier molecular flexibility index (Phi) is 5.58. The minimum absolute atomic E-state index is 0.106. The van der Waals surface area contributed by atoms with Gasteiger partial charge >= 0.3 is 5.97 Å². The van der Waals surface area contributed by atoms with Crippen LogP contribution in [0.25, 0.3) is 10.9 Å². The lowest BCUT2D eigenvalue weighted by Crippen LogP contribution is -2.44. The number of carbonyl (C=O) groups is 2. The Balaban J connectivity index is 1.62. The van der Waals surface area contributed by atoms with Gasteiger partial charge in [0.05, 0.1) is 22.6 Å². The van der Waals surface area contributed by atoms with Gasteiger partial charge in [-0.05, 0) is 31.4 Å². The van der Waals surface area contributed by atoms with Crippen molar-refractivity contribution in [2.45, 2.75) is 52.0 Å². The van der Waals surface area contributed by atoms with Gasteiger partial charge in [-0.1, -0.05) is 31.4 Å². The van der Waals surface area contributed by atoms with Crippen LogP contribution in [0.5, 0.6) is 0 Å². The van der Waals surface area contributed by atoms with E-state index in [-0.39, 0.29) is 31.0 Å². The highest BCUT2D eigenvalue weighted by Crippen LogP contribution is 2.36. The molecule has 1 aliphatic rings. The highest BCUT2D eigenvalue weighted by molar-refractivity contribution is 5.81. The van der Waals surface area contributed by atoms with Crippen molar-refractivity contribution in [3.63, 3.8) is 0 Å². The van der Waals surface area contributed by atoms with Crippen molar-refractivity contribution in [2.75, 3.05) is 6.54 Å². The summed E-state index contributed by atoms with van der Waals surface area (Å²) in [5.41, 5.74) is 0.572. The summed E-state index contributed by atoms with van der Waals surface area (Å²) in [6.07, 6.45) is 5.55. The lowest BCUT2D eigenvalue weighted by Gasteiger charge is -2.33. The number of carbonyl (C=O) groups excluding carboxylic acids is 1. The lowest BCUT2D eigenvalue weighted by molar-refractivity contribution is -0.151. The molecule has 0 atom stereocenters. The maximum atomic E-state index is 12.6. The summed E-state index contributed by atoms with van der Waals surface area (Å²) in [4.78, 5) is 40.8. The van der Waals surface area contributed by atoms with E-state index in [4.69, 9.17) is 0 Å². The van der Waals surface area contributed by atoms with E-state index < -0.39 is 11.4 Å². The van der Waals surface area contributed by atoms with Crippen LogP contribution in [0.1, 0.15) is 44.1 Å². The topological polar surface area (TPSA) is 101 Å². The lowest BCUT2D eigenvalue weighted by atomic mass is 9.74. The third-order valence-electron chi connectivity index (χ3n) is 5.52. The summed E-state index contributed by atoms with van der Waals surface area (Å²) < 4.78 is 1.43. The summed E-state index contributed by atoms with van der Waals surface area (Å²) in [6.45, 7) is 2.25. The highest BCUT2D eigenvalue weighted by Gasteiger charge is 2.39. The molecule has 0 unspecified atom stereocenters. The van der Waals surface area contributed by atoms with Crippen LogP contribution in [0, 0.1) is 12.3 Å². The molecule has 0 radical (unpaired) electrons. The second kappa shape index (κ2) is 7.90. The standard InChI is InChI=1S/C20H25N3O4/c1-14-6-5-7-15-17(14)22-13-23(18(15)25)11-8-16(24)21-12-20(19(26)27)9-3-2-4-10-20/h5-7,13H,2-4,8-12H2,1H3,(H,21,24)(H,26,27). The Bertz CT molecular complexity index is 913. The first-order chi connectivity index (χ1) is 12.9. The van der Waals surface area contributed by atoms with Crippen molar-refractivity contribution >= 4 is 22.8 Å². The van der Waals surface area contributed by atoms with Crippen LogP contribution in [-0.2, 0) is 16.1 Å². The summed E-state index contributed by atoms with van der Waals surface area (Å²) >= 11 is 0. The molecule has 144 valence electrons. The smallest absolute Gasteiger partial charge is 0.311 e. The van der Waals surface area contributed by atoms with E-state index in [1.54, 1.807) is 6.07 Å². The average molecular weight is 371 g/mol. The van der Waals surface area contributed by atoms with Crippen LogP contribution in [0.3, 0.4) is 0 Å². The maximum Gasteiger partial charge on any atom is 0.311 e. The Labute approximate surface area is 157 Å². The van der Waals surface area contributed by atoms with Gasteiger partial charge in [-0.2, -0.15) is 0 Å². The van der Waals surface area contributed by atoms with Gasteiger partial charge in [0, 0.05) is 19.5 Å². The average Bonchev–Trinajstić information content (AvgIpc) is 2.67. The van der Waals surface area contributed by atoms with E-state index in [0.29, 0.717) is 23.7 Å².